The van der Waals surface area contributed by atoms with E-state index < -0.39 is 5.97 Å². The van der Waals surface area contributed by atoms with E-state index in [1.54, 1.807) is 7.11 Å². The fraction of sp³-hybridized carbons (Fsp3) is 0.900. The lowest BCUT2D eigenvalue weighted by Crippen LogP contribution is -2.54. The van der Waals surface area contributed by atoms with Gasteiger partial charge in [0.2, 0.25) is 0 Å². The highest BCUT2D eigenvalue weighted by atomic mass is 16.5. The maximum atomic E-state index is 10.9. The van der Waals surface area contributed by atoms with Crippen LogP contribution in [0.15, 0.2) is 0 Å². The predicted octanol–water partition coefficient (Wildman–Crippen LogP) is 0.818. The maximum absolute atomic E-state index is 10.9. The van der Waals surface area contributed by atoms with E-state index in [9.17, 15) is 4.79 Å². The average Bonchev–Trinajstić information content (AvgIpc) is 2.08. The Morgan fingerprint density at radius 2 is 2.29 bits per heavy atom. The second-order valence-electron chi connectivity index (χ2n) is 3.86. The third kappa shape index (κ3) is 2.69. The highest BCUT2D eigenvalue weighted by Gasteiger charge is 2.34. The molecule has 1 heterocycles. The summed E-state index contributed by atoms with van der Waals surface area (Å²) in [6.07, 6.45) is 1.73. The Hall–Kier alpha value is -0.610. The van der Waals surface area contributed by atoms with Crippen LogP contribution in [0.1, 0.15) is 19.8 Å². The zero-order valence-corrected chi connectivity index (χ0v) is 8.90. The van der Waals surface area contributed by atoms with Crippen LogP contribution in [-0.4, -0.2) is 48.8 Å². The number of likely N-dealkylation sites (tertiary alicyclic amines) is 1. The fourth-order valence-electron chi connectivity index (χ4n) is 1.81. The molecule has 4 heteroatoms. The smallest absolute Gasteiger partial charge is 0.321 e. The van der Waals surface area contributed by atoms with E-state index in [0.717, 1.165) is 19.5 Å². The summed E-state index contributed by atoms with van der Waals surface area (Å²) in [7, 11) is 1.60. The third-order valence-corrected chi connectivity index (χ3v) is 2.88. The fourth-order valence-corrected chi connectivity index (χ4v) is 1.81. The van der Waals surface area contributed by atoms with Gasteiger partial charge in [-0.05, 0) is 12.3 Å². The summed E-state index contributed by atoms with van der Waals surface area (Å²) in [6, 6.07) is -0.349. The minimum Gasteiger partial charge on any atom is -0.480 e. The number of carbonyl (C=O) groups is 1. The maximum Gasteiger partial charge on any atom is 0.321 e. The van der Waals surface area contributed by atoms with Gasteiger partial charge in [-0.25, -0.2) is 0 Å². The lowest BCUT2D eigenvalue weighted by Gasteiger charge is -2.42. The first-order valence-electron chi connectivity index (χ1n) is 5.14. The molecule has 1 fully saturated rings. The number of carboxylic acids is 1. The summed E-state index contributed by atoms with van der Waals surface area (Å²) < 4.78 is 4.90. The van der Waals surface area contributed by atoms with Crippen molar-refractivity contribution in [1.82, 2.24) is 4.90 Å². The van der Waals surface area contributed by atoms with E-state index in [1.165, 1.54) is 0 Å². The topological polar surface area (TPSA) is 49.8 Å². The number of methoxy groups -OCH3 is 1. The van der Waals surface area contributed by atoms with Gasteiger partial charge in [0.15, 0.2) is 0 Å². The summed E-state index contributed by atoms with van der Waals surface area (Å²) in [5.41, 5.74) is 0. The first kappa shape index (κ1) is 11.5. The number of nitrogens with zero attached hydrogens (tertiary/aromatic N) is 1. The molecule has 14 heavy (non-hydrogen) atoms. The Labute approximate surface area is 84.8 Å². The molecule has 1 aliphatic rings. The van der Waals surface area contributed by atoms with Crippen LogP contribution in [0.3, 0.4) is 0 Å². The Morgan fingerprint density at radius 3 is 2.71 bits per heavy atom. The van der Waals surface area contributed by atoms with Gasteiger partial charge >= 0.3 is 5.97 Å². The number of hydrogen-bond acceptors (Lipinski definition) is 3. The average molecular weight is 201 g/mol. The van der Waals surface area contributed by atoms with Crippen molar-refractivity contribution < 1.29 is 14.6 Å². The second-order valence-corrected chi connectivity index (χ2v) is 3.86. The molecule has 0 aromatic heterocycles. The molecular weight excluding hydrogens is 182 g/mol. The van der Waals surface area contributed by atoms with Gasteiger partial charge in [0.1, 0.15) is 6.04 Å². The van der Waals surface area contributed by atoms with Crippen LogP contribution in [0, 0.1) is 5.92 Å². The molecule has 4 nitrogen and oxygen atoms in total. The molecule has 0 aromatic carbocycles. The van der Waals surface area contributed by atoms with Gasteiger partial charge in [0.05, 0.1) is 0 Å². The van der Waals surface area contributed by atoms with Crippen molar-refractivity contribution in [2.45, 2.75) is 25.8 Å². The lowest BCUT2D eigenvalue weighted by molar-refractivity contribution is -0.147. The van der Waals surface area contributed by atoms with E-state index in [-0.39, 0.29) is 6.04 Å². The van der Waals surface area contributed by atoms with Crippen LogP contribution in [0.25, 0.3) is 0 Å². The van der Waals surface area contributed by atoms with Crippen LogP contribution in [-0.2, 0) is 9.53 Å². The highest BCUT2D eigenvalue weighted by molar-refractivity contribution is 5.73. The highest BCUT2D eigenvalue weighted by Crippen LogP contribution is 2.22. The number of carboxylic acid groups (broad SMARTS) is 1. The molecule has 1 aliphatic heterocycles. The van der Waals surface area contributed by atoms with Gasteiger partial charge in [0.25, 0.3) is 0 Å². The first-order chi connectivity index (χ1) is 6.69. The monoisotopic (exact) mass is 201 g/mol. The van der Waals surface area contributed by atoms with Crippen LogP contribution in [0.2, 0.25) is 0 Å². The van der Waals surface area contributed by atoms with E-state index >= 15 is 0 Å². The van der Waals surface area contributed by atoms with Crippen LogP contribution in [0.4, 0.5) is 0 Å². The minimum absolute atomic E-state index is 0.349. The Morgan fingerprint density at radius 1 is 1.64 bits per heavy atom. The number of ether oxygens (including phenoxy) is 1. The summed E-state index contributed by atoms with van der Waals surface area (Å²) in [5.74, 6) is -0.0315. The minimum atomic E-state index is -0.725. The Balaban J connectivity index is 2.33. The third-order valence-electron chi connectivity index (χ3n) is 2.88. The molecule has 0 bridgehead atoms. The zero-order valence-electron chi connectivity index (χ0n) is 8.90. The summed E-state index contributed by atoms with van der Waals surface area (Å²) in [5, 5.41) is 9.00. The zero-order chi connectivity index (χ0) is 10.6. The predicted molar refractivity (Wildman–Crippen MR) is 53.3 cm³/mol. The lowest BCUT2D eigenvalue weighted by atomic mass is 9.94. The van der Waals surface area contributed by atoms with E-state index in [2.05, 4.69) is 6.92 Å². The molecule has 0 aliphatic carbocycles. The normalized spacial score (nSPS) is 20.4. The van der Waals surface area contributed by atoms with Crippen molar-refractivity contribution in [1.29, 1.82) is 0 Å². The standard InChI is InChI=1S/C10H19NO3/c1-3-8-6-11(7-8)9(10(12)13)4-5-14-2/h8-9H,3-7H2,1-2H3,(H,12,13). The largest absolute Gasteiger partial charge is 0.480 e. The molecular formula is C10H19NO3. The molecule has 1 saturated heterocycles. The van der Waals surface area contributed by atoms with Crippen molar-refractivity contribution in [2.75, 3.05) is 26.8 Å². The molecule has 0 radical (unpaired) electrons. The first-order valence-corrected chi connectivity index (χ1v) is 5.14. The van der Waals surface area contributed by atoms with Crippen molar-refractivity contribution in [3.63, 3.8) is 0 Å². The van der Waals surface area contributed by atoms with Crippen LogP contribution < -0.4 is 0 Å². The molecule has 1 rings (SSSR count). The van der Waals surface area contributed by atoms with Gasteiger partial charge in [-0.1, -0.05) is 13.3 Å². The molecule has 1 unspecified atom stereocenters. The molecule has 0 spiro atoms. The molecule has 1 atom stereocenters. The van der Waals surface area contributed by atoms with Crippen molar-refractivity contribution in [3.8, 4) is 0 Å². The van der Waals surface area contributed by atoms with Gasteiger partial charge in [0, 0.05) is 26.8 Å². The second kappa shape index (κ2) is 5.32. The van der Waals surface area contributed by atoms with Crippen molar-refractivity contribution in [3.05, 3.63) is 0 Å². The van der Waals surface area contributed by atoms with E-state index in [0.29, 0.717) is 18.9 Å². The molecule has 82 valence electrons. The van der Waals surface area contributed by atoms with Crippen LogP contribution in [0.5, 0.6) is 0 Å². The van der Waals surface area contributed by atoms with Crippen LogP contribution >= 0.6 is 0 Å². The summed E-state index contributed by atoms with van der Waals surface area (Å²) >= 11 is 0. The van der Waals surface area contributed by atoms with Crippen molar-refractivity contribution in [2.24, 2.45) is 5.92 Å². The quantitative estimate of drug-likeness (QED) is 0.691. The van der Waals surface area contributed by atoms with Crippen molar-refractivity contribution >= 4 is 5.97 Å². The summed E-state index contributed by atoms with van der Waals surface area (Å²) in [6.45, 7) is 4.52. The van der Waals surface area contributed by atoms with Gasteiger partial charge in [-0.2, -0.15) is 0 Å². The van der Waals surface area contributed by atoms with E-state index in [4.69, 9.17) is 9.84 Å². The van der Waals surface area contributed by atoms with Gasteiger partial charge in [-0.3, -0.25) is 9.69 Å². The van der Waals surface area contributed by atoms with Gasteiger partial charge < -0.3 is 9.84 Å². The Bertz CT molecular complexity index is 190. The van der Waals surface area contributed by atoms with E-state index in [1.807, 2.05) is 4.90 Å². The Kier molecular flexibility index (Phi) is 4.35. The summed E-state index contributed by atoms with van der Waals surface area (Å²) in [4.78, 5) is 13.0. The molecule has 0 saturated carbocycles. The number of aliphatic carboxylic acids is 1. The molecule has 0 aromatic rings. The number of hydrogen-bond donors (Lipinski definition) is 1. The molecule has 1 N–H and O–H groups in total. The van der Waals surface area contributed by atoms with Gasteiger partial charge in [-0.15, -0.1) is 0 Å². The SMILES string of the molecule is CCC1CN(C(CCOC)C(=O)O)C1. The number of rotatable bonds is 6. The molecule has 0 amide bonds.